The smallest absolute Gasteiger partial charge is 0.146 e. The van der Waals surface area contributed by atoms with Crippen LogP contribution in [0.4, 0.5) is 0 Å². The van der Waals surface area contributed by atoms with Gasteiger partial charge in [-0.2, -0.15) is 0 Å². The summed E-state index contributed by atoms with van der Waals surface area (Å²) in [6, 6.07) is 8.35. The van der Waals surface area contributed by atoms with Crippen LogP contribution in [0.3, 0.4) is 0 Å². The highest BCUT2D eigenvalue weighted by molar-refractivity contribution is 9.10. The van der Waals surface area contributed by atoms with Crippen molar-refractivity contribution in [2.45, 2.75) is 6.92 Å². The summed E-state index contributed by atoms with van der Waals surface area (Å²) < 4.78 is 2.93. The van der Waals surface area contributed by atoms with Crippen LogP contribution < -0.4 is 0 Å². The Labute approximate surface area is 718 Å². The van der Waals surface area contributed by atoms with E-state index in [0.29, 0.717) is 0 Å². The van der Waals surface area contributed by atoms with E-state index in [4.69, 9.17) is 22.4 Å². The van der Waals surface area contributed by atoms with Crippen molar-refractivity contribution >= 4 is 676 Å². The minimum atomic E-state index is 0.873. The van der Waals surface area contributed by atoms with Crippen LogP contribution >= 0.6 is 15.9 Å². The van der Waals surface area contributed by atoms with Gasteiger partial charge in [-0.15, -0.1) is 0 Å². The molecule has 0 amide bonds. The molecule has 2 aromatic heterocycles. The Kier molecular flexibility index (Phi) is 93.1. The average molecular weight is 2570 g/mol. The van der Waals surface area contributed by atoms with E-state index in [9.17, 15) is 0 Å². The van der Waals surface area contributed by atoms with Gasteiger partial charge in [0.05, 0.1) is 0 Å². The van der Waals surface area contributed by atoms with Crippen molar-refractivity contribution < 1.29 is 0 Å². The van der Waals surface area contributed by atoms with Crippen LogP contribution in [0.2, 0.25) is 0 Å². The molecule has 2 heterocycles. The monoisotopic (exact) mass is 2560 g/mol. The largest absolute Gasteiger partial charge is 0.305 e. The van der Waals surface area contributed by atoms with Crippen molar-refractivity contribution in [2.75, 3.05) is 0 Å². The summed E-state index contributed by atoms with van der Waals surface area (Å²) in [5, 5.41) is 2.46. The fourth-order valence-corrected chi connectivity index (χ4v) is 190. The van der Waals surface area contributed by atoms with Gasteiger partial charge in [-0.25, -0.2) is 4.98 Å². The van der Waals surface area contributed by atoms with Gasteiger partial charge in [0.2, 0.25) is 0 Å². The zero-order chi connectivity index (χ0) is 61.9. The first-order valence-corrected chi connectivity index (χ1v) is 112. The lowest BCUT2D eigenvalue weighted by atomic mass is 10.1. The van der Waals surface area contributed by atoms with E-state index in [1.807, 2.05) is 510 Å². The number of imidazole rings is 1. The SMILES string of the molecule is Cc1cn2cc(Br)nc2c2ccccc12.S=S=S=S=S=S=S=S=S=S=S=S=S=S=S=S=S=S=S=S=S=S=S=S=S=S=S=S=S=S=S=S=S=S=S=S=S=S=S=S=S=S=S=S=S=S=S=S=S=S=S=S=S=S=S=S=S=S=S=S=S=S=S=S=S=S=S=S=S=S=S=S. The lowest BCUT2D eigenvalue weighted by Crippen LogP contribution is -1.88. The molecular formula is C12H9BrN2S72. The molecule has 2 nitrogen and oxygen atoms in total. The first-order chi connectivity index (χ1) is 43.2. The molecule has 0 saturated carbocycles. The fraction of sp³-hybridized carbons (Fsp3) is 0.0833. The minimum absolute atomic E-state index is 0.873. The summed E-state index contributed by atoms with van der Waals surface area (Å²) in [7, 11) is 126. The molecule has 0 unspecified atom stereocenters. The molecule has 1 aromatic carbocycles. The van der Waals surface area contributed by atoms with E-state index in [1.165, 1.54) is 34.1 Å². The fourth-order valence-electron chi connectivity index (χ4n) is 2.73. The number of pyridine rings is 1. The van der Waals surface area contributed by atoms with Crippen LogP contribution in [-0.4, -0.2) is 9.38 Å². The van der Waals surface area contributed by atoms with Crippen molar-refractivity contribution in [3.05, 3.63) is 46.8 Å². The number of hydrogen-bond donors (Lipinski definition) is 0. The number of aryl methyl sites for hydroxylation is 1. The standard InChI is InChI=1S/C12H9BrN2.S72/c1-8-6-15-7-11(13)14-12(15)10-5-3-2-4-9(8)10;1-3-5-7-9-11-13-15-17-19-21-23-25-27-29-31-33-35-37-39-41-43-45-47-49-51-53-55-57-59-61-63-65-67-69-71-72-70-68-66-64-62-60-58-56-54-52-50-48-46-44-42-40-38-36-34-32-30-28-26-24-22-20-18-16-14-12-10-8-6-4-2/h2-7H,1H3;. The Morgan fingerprint density at radius 2 is 0.414 bits per heavy atom. The summed E-state index contributed by atoms with van der Waals surface area (Å²) in [4.78, 5) is 4.46. The van der Waals surface area contributed by atoms with Gasteiger partial charge < -0.3 is 4.40 Å². The first-order valence-electron chi connectivity index (χ1n) is 16.6. The van der Waals surface area contributed by atoms with Crippen LogP contribution in [-0.2, 0) is 644 Å². The summed E-state index contributed by atoms with van der Waals surface area (Å²) in [5.41, 5.74) is 2.27. The van der Waals surface area contributed by atoms with Gasteiger partial charge >= 0.3 is 0 Å². The third-order valence-corrected chi connectivity index (χ3v) is 158. The highest BCUT2D eigenvalue weighted by atomic mass is 79.9. The molecule has 0 aliphatic carbocycles. The number of hydrogen-bond acceptors (Lipinski definition) is 3. The maximum atomic E-state index is 4.82. The van der Waals surface area contributed by atoms with Crippen LogP contribution in [0.5, 0.6) is 0 Å². The predicted molar refractivity (Wildman–Crippen MR) is 595 cm³/mol. The maximum absolute atomic E-state index is 4.82. The van der Waals surface area contributed by atoms with Crippen LogP contribution in [0.1, 0.15) is 5.56 Å². The second-order valence-corrected chi connectivity index (χ2v) is 133. The second-order valence-electron chi connectivity index (χ2n) is 8.42. The molecule has 506 valence electrons. The highest BCUT2D eigenvalue weighted by Gasteiger charge is 2.05. The first kappa shape index (κ1) is 97.6. The minimum Gasteiger partial charge on any atom is -0.305 e. The molecule has 3 rings (SSSR count). The van der Waals surface area contributed by atoms with E-state index < -0.39 is 0 Å². The summed E-state index contributed by atoms with van der Waals surface area (Å²) >= 11 is 13.0. The predicted octanol–water partition coefficient (Wildman–Crippen LogP) is 3.39. The molecule has 0 aliphatic rings. The highest BCUT2D eigenvalue weighted by Crippen LogP contribution is 2.24. The maximum Gasteiger partial charge on any atom is 0.146 e. The Bertz CT molecular complexity index is 6230. The number of benzene rings is 1. The lowest BCUT2D eigenvalue weighted by Gasteiger charge is -2.03. The molecule has 0 atom stereocenters. The quantitative estimate of drug-likeness (QED) is 0.345. The molecule has 0 radical (unpaired) electrons. The summed E-state index contributed by atoms with van der Waals surface area (Å²) in [5.74, 6) is 0. The molecule has 87 heavy (non-hydrogen) atoms. The van der Waals surface area contributed by atoms with Crippen molar-refractivity contribution in [2.24, 2.45) is 0 Å². The van der Waals surface area contributed by atoms with E-state index in [0.717, 1.165) is 10.3 Å². The topological polar surface area (TPSA) is 17.3 Å². The van der Waals surface area contributed by atoms with E-state index >= 15 is 0 Å². The molecule has 0 bridgehead atoms. The summed E-state index contributed by atoms with van der Waals surface area (Å²) in [6.45, 7) is 2.12. The van der Waals surface area contributed by atoms with Crippen LogP contribution in [0.15, 0.2) is 41.3 Å². The van der Waals surface area contributed by atoms with Gasteiger partial charge in [0.25, 0.3) is 0 Å². The normalized spacial score (nSPS) is 8.44. The lowest BCUT2D eigenvalue weighted by molar-refractivity contribution is 1.18. The third-order valence-electron chi connectivity index (χ3n) is 4.55. The van der Waals surface area contributed by atoms with E-state index in [1.54, 1.807) is 107 Å². The van der Waals surface area contributed by atoms with Gasteiger partial charge in [-0.05, 0) is 33.8 Å². The van der Waals surface area contributed by atoms with Gasteiger partial charge in [-0.3, -0.25) is 0 Å². The van der Waals surface area contributed by atoms with Gasteiger partial charge in [0.15, 0.2) is 0 Å². The number of fused-ring (bicyclic) bond motifs is 3. The Morgan fingerprint density at radius 3 is 0.586 bits per heavy atom. The van der Waals surface area contributed by atoms with Gasteiger partial charge in [-0.1, -0.05) is 24.3 Å². The molecule has 0 spiro atoms. The Balaban J connectivity index is 0.00000146. The molecule has 0 fully saturated rings. The molecule has 0 saturated heterocycles. The Hall–Kier alpha value is 14.5. The molecule has 0 N–H and O–H groups in total. The van der Waals surface area contributed by atoms with Gasteiger partial charge in [0.1, 0.15) is 10.3 Å². The van der Waals surface area contributed by atoms with Crippen LogP contribution in [0, 0.1) is 6.92 Å². The molecule has 75 heteroatoms. The zero-order valence-electron chi connectivity index (χ0n) is 37.6. The number of nitrogens with zero attached hydrogens (tertiary/aromatic N) is 2. The number of halogens is 1. The van der Waals surface area contributed by atoms with Crippen molar-refractivity contribution in [3.63, 3.8) is 0 Å². The van der Waals surface area contributed by atoms with Crippen molar-refractivity contribution in [3.8, 4) is 0 Å². The second kappa shape index (κ2) is 83.0. The molecule has 0 aliphatic heterocycles. The van der Waals surface area contributed by atoms with Crippen molar-refractivity contribution in [1.82, 2.24) is 9.38 Å². The Morgan fingerprint density at radius 1 is 0.253 bits per heavy atom. The average Bonchev–Trinajstić information content (AvgIpc) is 2.86. The number of aromatic nitrogens is 2. The third kappa shape index (κ3) is 69.4. The molecule has 3 aromatic rings. The van der Waals surface area contributed by atoms with Crippen molar-refractivity contribution in [1.29, 1.82) is 0 Å². The van der Waals surface area contributed by atoms with Crippen LogP contribution in [0.25, 0.3) is 16.4 Å². The zero-order valence-corrected chi connectivity index (χ0v) is 98.0. The summed E-state index contributed by atoms with van der Waals surface area (Å²) in [6.07, 6.45) is 4.09. The van der Waals surface area contributed by atoms with Gasteiger partial charge in [0, 0.05) is 662 Å². The molecular weight excluding hydrogens is 2560 g/mol. The van der Waals surface area contributed by atoms with E-state index in [2.05, 4.69) is 56.6 Å². The number of rotatable bonds is 0. The van der Waals surface area contributed by atoms with E-state index in [-0.39, 0.29) is 0 Å².